The summed E-state index contributed by atoms with van der Waals surface area (Å²) >= 11 is 0. The standard InChI is InChI=1S/C14H23N3O/c1-11-9-13(16-17(11)2)15-10-12-5-8-14(18-12)6-3-4-7-14/h9,12H,3-8,10H2,1-2H3,(H,15,16). The molecule has 1 aliphatic carbocycles. The highest BCUT2D eigenvalue weighted by atomic mass is 16.5. The minimum atomic E-state index is 0.242. The van der Waals surface area contributed by atoms with Crippen LogP contribution in [0.1, 0.15) is 44.2 Å². The van der Waals surface area contributed by atoms with Crippen molar-refractivity contribution in [3.63, 3.8) is 0 Å². The Labute approximate surface area is 109 Å². The van der Waals surface area contributed by atoms with Gasteiger partial charge in [-0.2, -0.15) is 5.10 Å². The van der Waals surface area contributed by atoms with Gasteiger partial charge in [-0.1, -0.05) is 12.8 Å². The number of hydrogen-bond acceptors (Lipinski definition) is 3. The van der Waals surface area contributed by atoms with Crippen molar-refractivity contribution < 1.29 is 4.74 Å². The fourth-order valence-corrected chi connectivity index (χ4v) is 3.29. The highest BCUT2D eigenvalue weighted by Crippen LogP contribution is 2.43. The second-order valence-electron chi connectivity index (χ2n) is 5.84. The van der Waals surface area contributed by atoms with E-state index in [-0.39, 0.29) is 5.60 Å². The number of nitrogens with one attached hydrogen (secondary N) is 1. The molecule has 0 aromatic carbocycles. The summed E-state index contributed by atoms with van der Waals surface area (Å²) in [6, 6.07) is 2.08. The van der Waals surface area contributed by atoms with Crippen LogP contribution < -0.4 is 5.32 Å². The Kier molecular flexibility index (Phi) is 3.06. The van der Waals surface area contributed by atoms with Crippen LogP contribution in [0.3, 0.4) is 0 Å². The van der Waals surface area contributed by atoms with E-state index in [2.05, 4.69) is 23.4 Å². The van der Waals surface area contributed by atoms with Crippen LogP contribution in [-0.2, 0) is 11.8 Å². The molecule has 1 unspecified atom stereocenters. The molecule has 1 aromatic rings. The Balaban J connectivity index is 1.52. The minimum Gasteiger partial charge on any atom is -0.370 e. The monoisotopic (exact) mass is 249 g/mol. The molecule has 2 heterocycles. The van der Waals surface area contributed by atoms with Crippen LogP contribution in [0.5, 0.6) is 0 Å². The zero-order chi connectivity index (χ0) is 12.6. The van der Waals surface area contributed by atoms with Gasteiger partial charge in [0.2, 0.25) is 0 Å². The van der Waals surface area contributed by atoms with Crippen molar-refractivity contribution in [1.82, 2.24) is 9.78 Å². The number of aromatic nitrogens is 2. The quantitative estimate of drug-likeness (QED) is 0.895. The summed E-state index contributed by atoms with van der Waals surface area (Å²) in [7, 11) is 1.97. The van der Waals surface area contributed by atoms with Gasteiger partial charge in [0.15, 0.2) is 0 Å². The number of anilines is 1. The third-order valence-electron chi connectivity index (χ3n) is 4.48. The Morgan fingerprint density at radius 1 is 1.44 bits per heavy atom. The van der Waals surface area contributed by atoms with Crippen molar-refractivity contribution in [3.05, 3.63) is 11.8 Å². The third-order valence-corrected chi connectivity index (χ3v) is 4.48. The predicted octanol–water partition coefficient (Wildman–Crippen LogP) is 2.63. The van der Waals surface area contributed by atoms with Crippen molar-refractivity contribution in [2.45, 2.75) is 57.2 Å². The fraction of sp³-hybridized carbons (Fsp3) is 0.786. The van der Waals surface area contributed by atoms with E-state index in [1.165, 1.54) is 44.2 Å². The molecule has 1 spiro atoms. The molecule has 1 aliphatic heterocycles. The molecule has 4 heteroatoms. The van der Waals surface area contributed by atoms with Gasteiger partial charge in [-0.25, -0.2) is 0 Å². The number of rotatable bonds is 3. The fourth-order valence-electron chi connectivity index (χ4n) is 3.29. The maximum absolute atomic E-state index is 6.27. The summed E-state index contributed by atoms with van der Waals surface area (Å²) in [4.78, 5) is 0. The molecular weight excluding hydrogens is 226 g/mol. The molecule has 3 rings (SSSR count). The summed E-state index contributed by atoms with van der Waals surface area (Å²) in [5.41, 5.74) is 1.42. The van der Waals surface area contributed by atoms with E-state index in [0.29, 0.717) is 6.10 Å². The van der Waals surface area contributed by atoms with E-state index < -0.39 is 0 Å². The predicted molar refractivity (Wildman–Crippen MR) is 71.7 cm³/mol. The summed E-state index contributed by atoms with van der Waals surface area (Å²) in [5.74, 6) is 0.964. The van der Waals surface area contributed by atoms with E-state index in [0.717, 1.165) is 12.4 Å². The normalized spacial score (nSPS) is 26.0. The largest absolute Gasteiger partial charge is 0.370 e. The first-order valence-electron chi connectivity index (χ1n) is 7.09. The molecule has 18 heavy (non-hydrogen) atoms. The lowest BCUT2D eigenvalue weighted by atomic mass is 9.98. The molecule has 100 valence electrons. The molecule has 1 N–H and O–H groups in total. The van der Waals surface area contributed by atoms with Gasteiger partial charge < -0.3 is 10.1 Å². The lowest BCUT2D eigenvalue weighted by Crippen LogP contribution is -2.28. The molecule has 0 bridgehead atoms. The van der Waals surface area contributed by atoms with Gasteiger partial charge >= 0.3 is 0 Å². The first-order chi connectivity index (χ1) is 8.67. The van der Waals surface area contributed by atoms with Gasteiger partial charge in [0, 0.05) is 25.4 Å². The van der Waals surface area contributed by atoms with Crippen molar-refractivity contribution in [3.8, 4) is 0 Å². The van der Waals surface area contributed by atoms with Gasteiger partial charge in [0.05, 0.1) is 11.7 Å². The second kappa shape index (κ2) is 4.57. The highest BCUT2D eigenvalue weighted by Gasteiger charge is 2.41. The van der Waals surface area contributed by atoms with Gasteiger partial charge in [-0.3, -0.25) is 4.68 Å². The van der Waals surface area contributed by atoms with Crippen molar-refractivity contribution in [2.75, 3.05) is 11.9 Å². The lowest BCUT2D eigenvalue weighted by molar-refractivity contribution is -0.0307. The first-order valence-corrected chi connectivity index (χ1v) is 7.09. The van der Waals surface area contributed by atoms with Gasteiger partial charge in [0.1, 0.15) is 5.82 Å². The van der Waals surface area contributed by atoms with E-state index >= 15 is 0 Å². The van der Waals surface area contributed by atoms with Crippen LogP contribution in [-0.4, -0.2) is 28.0 Å². The summed E-state index contributed by atoms with van der Waals surface area (Å²) < 4.78 is 8.17. The minimum absolute atomic E-state index is 0.242. The van der Waals surface area contributed by atoms with Crippen molar-refractivity contribution in [2.24, 2.45) is 7.05 Å². The molecule has 2 aliphatic rings. The van der Waals surface area contributed by atoms with Crippen molar-refractivity contribution in [1.29, 1.82) is 0 Å². The van der Waals surface area contributed by atoms with Gasteiger partial charge in [0.25, 0.3) is 0 Å². The van der Waals surface area contributed by atoms with Crippen LogP contribution in [0.25, 0.3) is 0 Å². The lowest BCUT2D eigenvalue weighted by Gasteiger charge is -2.23. The average molecular weight is 249 g/mol. The molecule has 1 saturated heterocycles. The highest BCUT2D eigenvalue weighted by molar-refractivity contribution is 5.35. The number of hydrogen-bond donors (Lipinski definition) is 1. The average Bonchev–Trinajstić information content (AvgIpc) is 3.03. The van der Waals surface area contributed by atoms with Crippen LogP contribution in [0, 0.1) is 6.92 Å². The van der Waals surface area contributed by atoms with Crippen LogP contribution in [0.4, 0.5) is 5.82 Å². The van der Waals surface area contributed by atoms with E-state index in [1.807, 2.05) is 11.7 Å². The Bertz CT molecular complexity index is 401. The molecule has 1 atom stereocenters. The molecule has 1 saturated carbocycles. The van der Waals surface area contributed by atoms with Gasteiger partial charge in [-0.05, 0) is 32.6 Å². The molecule has 4 nitrogen and oxygen atoms in total. The molecular formula is C14H23N3O. The van der Waals surface area contributed by atoms with Gasteiger partial charge in [-0.15, -0.1) is 0 Å². The van der Waals surface area contributed by atoms with E-state index in [1.54, 1.807) is 0 Å². The van der Waals surface area contributed by atoms with Crippen LogP contribution in [0.15, 0.2) is 6.07 Å². The van der Waals surface area contributed by atoms with Crippen LogP contribution in [0.2, 0.25) is 0 Å². The number of aryl methyl sites for hydroxylation is 2. The van der Waals surface area contributed by atoms with E-state index in [4.69, 9.17) is 4.74 Å². The molecule has 0 amide bonds. The number of ether oxygens (including phenoxy) is 1. The molecule has 0 radical (unpaired) electrons. The maximum Gasteiger partial charge on any atom is 0.148 e. The smallest absolute Gasteiger partial charge is 0.148 e. The van der Waals surface area contributed by atoms with E-state index in [9.17, 15) is 0 Å². The first kappa shape index (κ1) is 12.0. The molecule has 2 fully saturated rings. The van der Waals surface area contributed by atoms with Crippen molar-refractivity contribution >= 4 is 5.82 Å². The summed E-state index contributed by atoms with van der Waals surface area (Å²) in [5, 5.41) is 7.81. The Hall–Kier alpha value is -1.03. The Morgan fingerprint density at radius 3 is 2.89 bits per heavy atom. The zero-order valence-electron chi connectivity index (χ0n) is 11.4. The zero-order valence-corrected chi connectivity index (χ0v) is 11.4. The Morgan fingerprint density at radius 2 is 2.22 bits per heavy atom. The molecule has 1 aromatic heterocycles. The van der Waals surface area contributed by atoms with Crippen LogP contribution >= 0.6 is 0 Å². The maximum atomic E-state index is 6.27. The topological polar surface area (TPSA) is 39.1 Å². The second-order valence-corrected chi connectivity index (χ2v) is 5.84. The SMILES string of the molecule is Cc1cc(NCC2CCC3(CCCC3)O2)nn1C. The number of nitrogens with zero attached hydrogens (tertiary/aromatic N) is 2. The summed E-state index contributed by atoms with van der Waals surface area (Å²) in [6.07, 6.45) is 8.04. The third kappa shape index (κ3) is 2.26. The summed E-state index contributed by atoms with van der Waals surface area (Å²) in [6.45, 7) is 2.95.